The zero-order valence-corrected chi connectivity index (χ0v) is 10.8. The minimum Gasteiger partial charge on any atom is -0.508 e. The third-order valence-corrected chi connectivity index (χ3v) is 3.96. The highest BCUT2D eigenvalue weighted by molar-refractivity contribution is 5.29. The third kappa shape index (κ3) is 2.82. The normalized spacial score (nSPS) is 19.9. The number of rotatable bonds is 3. The standard InChI is InChI=1S/C14H21FN2O/c1-10(13-3-2-12(18)8-14(13)15)17-6-4-11(9-16)5-7-17/h2-3,8,10-11,18H,4-7,9,16H2,1H3. The van der Waals surface area contributed by atoms with Crippen molar-refractivity contribution in [2.24, 2.45) is 11.7 Å². The molecule has 1 fully saturated rings. The summed E-state index contributed by atoms with van der Waals surface area (Å²) in [6, 6.07) is 4.44. The molecule has 1 unspecified atom stereocenters. The highest BCUT2D eigenvalue weighted by atomic mass is 19.1. The Morgan fingerprint density at radius 3 is 2.67 bits per heavy atom. The van der Waals surface area contributed by atoms with Gasteiger partial charge in [-0.2, -0.15) is 0 Å². The number of nitrogens with zero attached hydrogens (tertiary/aromatic N) is 1. The maximum Gasteiger partial charge on any atom is 0.131 e. The van der Waals surface area contributed by atoms with E-state index in [1.165, 1.54) is 6.07 Å². The van der Waals surface area contributed by atoms with Crippen LogP contribution in [-0.4, -0.2) is 29.6 Å². The fraction of sp³-hybridized carbons (Fsp3) is 0.571. The molecule has 1 aromatic carbocycles. The first-order valence-corrected chi connectivity index (χ1v) is 6.54. The molecule has 0 amide bonds. The van der Waals surface area contributed by atoms with Crippen LogP contribution < -0.4 is 5.73 Å². The lowest BCUT2D eigenvalue weighted by Crippen LogP contribution is -2.37. The van der Waals surface area contributed by atoms with E-state index in [1.54, 1.807) is 12.1 Å². The Bertz CT molecular complexity index is 403. The van der Waals surface area contributed by atoms with E-state index in [9.17, 15) is 9.50 Å². The number of nitrogens with two attached hydrogens (primary N) is 1. The monoisotopic (exact) mass is 252 g/mol. The van der Waals surface area contributed by atoms with Gasteiger partial charge in [0.2, 0.25) is 0 Å². The van der Waals surface area contributed by atoms with E-state index < -0.39 is 0 Å². The predicted octanol–water partition coefficient (Wildman–Crippen LogP) is 2.26. The van der Waals surface area contributed by atoms with Gasteiger partial charge in [0.25, 0.3) is 0 Å². The first-order chi connectivity index (χ1) is 8.61. The largest absolute Gasteiger partial charge is 0.508 e. The molecule has 100 valence electrons. The van der Waals surface area contributed by atoms with Crippen molar-refractivity contribution in [3.8, 4) is 5.75 Å². The van der Waals surface area contributed by atoms with Crippen LogP contribution in [0.1, 0.15) is 31.4 Å². The summed E-state index contributed by atoms with van der Waals surface area (Å²) < 4.78 is 13.8. The van der Waals surface area contributed by atoms with Crippen molar-refractivity contribution in [1.29, 1.82) is 0 Å². The lowest BCUT2D eigenvalue weighted by atomic mass is 9.94. The molecule has 1 aliphatic rings. The van der Waals surface area contributed by atoms with Gasteiger partial charge in [-0.3, -0.25) is 4.90 Å². The lowest BCUT2D eigenvalue weighted by molar-refractivity contribution is 0.141. The second-order valence-corrected chi connectivity index (χ2v) is 5.10. The summed E-state index contributed by atoms with van der Waals surface area (Å²) in [5.41, 5.74) is 6.32. The molecule has 1 aliphatic heterocycles. The Morgan fingerprint density at radius 1 is 1.44 bits per heavy atom. The number of phenols is 1. The predicted molar refractivity (Wildman–Crippen MR) is 69.8 cm³/mol. The number of halogens is 1. The Morgan fingerprint density at radius 2 is 2.11 bits per heavy atom. The summed E-state index contributed by atoms with van der Waals surface area (Å²) in [6.45, 7) is 4.68. The first kappa shape index (κ1) is 13.3. The molecule has 0 saturated carbocycles. The topological polar surface area (TPSA) is 49.5 Å². The SMILES string of the molecule is CC(c1ccc(O)cc1F)N1CCC(CN)CC1. The summed E-state index contributed by atoms with van der Waals surface area (Å²) >= 11 is 0. The molecule has 0 spiro atoms. The van der Waals surface area contributed by atoms with Crippen LogP contribution in [0.5, 0.6) is 5.75 Å². The molecule has 18 heavy (non-hydrogen) atoms. The van der Waals surface area contributed by atoms with Gasteiger partial charge in [-0.05, 0) is 51.4 Å². The van der Waals surface area contributed by atoms with Crippen molar-refractivity contribution in [3.05, 3.63) is 29.6 Å². The van der Waals surface area contributed by atoms with E-state index in [1.807, 2.05) is 6.92 Å². The van der Waals surface area contributed by atoms with Crippen LogP contribution >= 0.6 is 0 Å². The van der Waals surface area contributed by atoms with Crippen LogP contribution in [0.15, 0.2) is 18.2 Å². The number of aromatic hydroxyl groups is 1. The molecule has 2 rings (SSSR count). The van der Waals surface area contributed by atoms with Gasteiger partial charge in [-0.25, -0.2) is 4.39 Å². The third-order valence-electron chi connectivity index (χ3n) is 3.96. The number of piperidine rings is 1. The summed E-state index contributed by atoms with van der Waals surface area (Å²) in [7, 11) is 0. The van der Waals surface area contributed by atoms with Gasteiger partial charge >= 0.3 is 0 Å². The maximum absolute atomic E-state index is 13.8. The van der Waals surface area contributed by atoms with Crippen molar-refractivity contribution < 1.29 is 9.50 Å². The average Bonchev–Trinajstić information content (AvgIpc) is 2.38. The molecule has 1 heterocycles. The van der Waals surface area contributed by atoms with Gasteiger partial charge in [0, 0.05) is 17.7 Å². The van der Waals surface area contributed by atoms with Crippen LogP contribution in [0.4, 0.5) is 4.39 Å². The smallest absolute Gasteiger partial charge is 0.131 e. The number of hydrogen-bond acceptors (Lipinski definition) is 3. The van der Waals surface area contributed by atoms with Gasteiger partial charge in [-0.15, -0.1) is 0 Å². The van der Waals surface area contributed by atoms with E-state index >= 15 is 0 Å². The van der Waals surface area contributed by atoms with Crippen LogP contribution in [0, 0.1) is 11.7 Å². The van der Waals surface area contributed by atoms with Crippen LogP contribution in [0.3, 0.4) is 0 Å². The first-order valence-electron chi connectivity index (χ1n) is 6.54. The van der Waals surface area contributed by atoms with Crippen molar-refractivity contribution in [2.75, 3.05) is 19.6 Å². The highest BCUT2D eigenvalue weighted by Gasteiger charge is 2.24. The van der Waals surface area contributed by atoms with Crippen LogP contribution in [0.2, 0.25) is 0 Å². The van der Waals surface area contributed by atoms with Gasteiger partial charge < -0.3 is 10.8 Å². The number of benzene rings is 1. The zero-order chi connectivity index (χ0) is 13.1. The average molecular weight is 252 g/mol. The second-order valence-electron chi connectivity index (χ2n) is 5.10. The molecule has 0 aromatic heterocycles. The molecule has 3 N–H and O–H groups in total. The highest BCUT2D eigenvalue weighted by Crippen LogP contribution is 2.29. The lowest BCUT2D eigenvalue weighted by Gasteiger charge is -2.36. The maximum atomic E-state index is 13.8. The Balaban J connectivity index is 2.05. The van der Waals surface area contributed by atoms with Crippen molar-refractivity contribution >= 4 is 0 Å². The molecule has 1 aromatic rings. The zero-order valence-electron chi connectivity index (χ0n) is 10.8. The minimum atomic E-state index is -0.330. The fourth-order valence-electron chi connectivity index (χ4n) is 2.63. The van der Waals surface area contributed by atoms with Gasteiger partial charge in [0.15, 0.2) is 0 Å². The van der Waals surface area contributed by atoms with Crippen LogP contribution in [0.25, 0.3) is 0 Å². The summed E-state index contributed by atoms with van der Waals surface area (Å²) in [6.07, 6.45) is 2.17. The Hall–Kier alpha value is -1.13. The van der Waals surface area contributed by atoms with E-state index in [-0.39, 0.29) is 17.6 Å². The fourth-order valence-corrected chi connectivity index (χ4v) is 2.63. The second kappa shape index (κ2) is 5.67. The molecule has 0 aliphatic carbocycles. The molecule has 1 saturated heterocycles. The van der Waals surface area contributed by atoms with E-state index in [0.29, 0.717) is 11.5 Å². The molecule has 0 bridgehead atoms. The van der Waals surface area contributed by atoms with Gasteiger partial charge in [0.05, 0.1) is 0 Å². The summed E-state index contributed by atoms with van der Waals surface area (Å²) in [5, 5.41) is 9.23. The van der Waals surface area contributed by atoms with Gasteiger partial charge in [-0.1, -0.05) is 6.07 Å². The van der Waals surface area contributed by atoms with E-state index in [2.05, 4.69) is 4.90 Å². The summed E-state index contributed by atoms with van der Waals surface area (Å²) in [5.74, 6) is 0.256. The van der Waals surface area contributed by atoms with E-state index in [4.69, 9.17) is 5.73 Å². The van der Waals surface area contributed by atoms with Crippen molar-refractivity contribution in [3.63, 3.8) is 0 Å². The molecular formula is C14H21FN2O. The van der Waals surface area contributed by atoms with Crippen LogP contribution in [-0.2, 0) is 0 Å². The molecular weight excluding hydrogens is 231 g/mol. The van der Waals surface area contributed by atoms with E-state index in [0.717, 1.165) is 32.5 Å². The quantitative estimate of drug-likeness (QED) is 0.867. The molecule has 3 nitrogen and oxygen atoms in total. The molecule has 0 radical (unpaired) electrons. The van der Waals surface area contributed by atoms with Crippen molar-refractivity contribution in [1.82, 2.24) is 4.90 Å². The van der Waals surface area contributed by atoms with Gasteiger partial charge in [0.1, 0.15) is 11.6 Å². The Labute approximate surface area is 107 Å². The Kier molecular flexibility index (Phi) is 4.19. The number of hydrogen-bond donors (Lipinski definition) is 2. The summed E-state index contributed by atoms with van der Waals surface area (Å²) in [4.78, 5) is 2.28. The molecule has 1 atom stereocenters. The number of likely N-dealkylation sites (tertiary alicyclic amines) is 1. The van der Waals surface area contributed by atoms with Crippen molar-refractivity contribution in [2.45, 2.75) is 25.8 Å². The minimum absolute atomic E-state index is 0.0229. The number of phenolic OH excluding ortho intramolecular Hbond substituents is 1. The molecule has 4 heteroatoms.